The quantitative estimate of drug-likeness (QED) is 0.154. The highest BCUT2D eigenvalue weighted by molar-refractivity contribution is 6.05. The molecule has 0 bridgehead atoms. The van der Waals surface area contributed by atoms with Crippen molar-refractivity contribution in [2.24, 2.45) is 0 Å². The summed E-state index contributed by atoms with van der Waals surface area (Å²) >= 11 is 0. The second-order valence-electron chi connectivity index (χ2n) is 13.9. The molecule has 10 aromatic rings. The molecular formula is C52H34N6. The highest BCUT2D eigenvalue weighted by atomic mass is 15.0. The molecule has 0 atom stereocenters. The highest BCUT2D eigenvalue weighted by Gasteiger charge is 2.16. The molecule has 0 spiro atoms. The fourth-order valence-corrected chi connectivity index (χ4v) is 7.33. The third-order valence-corrected chi connectivity index (χ3v) is 10.2. The Labute approximate surface area is 336 Å². The van der Waals surface area contributed by atoms with Gasteiger partial charge in [0.25, 0.3) is 0 Å². The fraction of sp³-hybridized carbons (Fsp3) is 0. The summed E-state index contributed by atoms with van der Waals surface area (Å²) in [5.74, 6) is 3.79. The third-order valence-electron chi connectivity index (χ3n) is 10.2. The van der Waals surface area contributed by atoms with E-state index in [0.717, 1.165) is 66.4 Å². The van der Waals surface area contributed by atoms with Gasteiger partial charge in [0.05, 0.1) is 0 Å². The Morgan fingerprint density at radius 1 is 0.190 bits per heavy atom. The molecule has 0 fully saturated rings. The van der Waals surface area contributed by atoms with Crippen molar-refractivity contribution < 1.29 is 0 Å². The van der Waals surface area contributed by atoms with E-state index < -0.39 is 0 Å². The van der Waals surface area contributed by atoms with Gasteiger partial charge in [-0.15, -0.1) is 0 Å². The number of hydrogen-bond donors (Lipinski definition) is 0. The molecule has 10 rings (SSSR count). The van der Waals surface area contributed by atoms with Crippen molar-refractivity contribution in [1.82, 2.24) is 29.9 Å². The first-order valence-corrected chi connectivity index (χ1v) is 19.2. The monoisotopic (exact) mass is 742 g/mol. The van der Waals surface area contributed by atoms with Crippen LogP contribution in [0.2, 0.25) is 0 Å². The molecule has 6 heteroatoms. The maximum atomic E-state index is 4.99. The molecule has 0 amide bonds. The number of hydrogen-bond acceptors (Lipinski definition) is 6. The molecule has 2 aromatic heterocycles. The lowest BCUT2D eigenvalue weighted by atomic mass is 9.91. The zero-order chi connectivity index (χ0) is 38.7. The molecule has 6 nitrogen and oxygen atoms in total. The van der Waals surface area contributed by atoms with Crippen LogP contribution in [0.25, 0.3) is 101 Å². The third kappa shape index (κ3) is 6.91. The number of nitrogens with zero attached hydrogens (tertiary/aromatic N) is 6. The van der Waals surface area contributed by atoms with Crippen molar-refractivity contribution in [1.29, 1.82) is 0 Å². The minimum absolute atomic E-state index is 0.622. The lowest BCUT2D eigenvalue weighted by Gasteiger charge is -2.14. The predicted octanol–water partition coefficient (Wildman–Crippen LogP) is 12.5. The van der Waals surface area contributed by atoms with Crippen molar-refractivity contribution in [3.05, 3.63) is 206 Å². The summed E-state index contributed by atoms with van der Waals surface area (Å²) in [6, 6.07) is 70.2. The van der Waals surface area contributed by atoms with Gasteiger partial charge in [0.2, 0.25) is 0 Å². The topological polar surface area (TPSA) is 77.3 Å². The van der Waals surface area contributed by atoms with Crippen LogP contribution in [0, 0.1) is 0 Å². The molecule has 272 valence electrons. The molecule has 0 N–H and O–H groups in total. The smallest absolute Gasteiger partial charge is 0.164 e. The second kappa shape index (κ2) is 15.3. The summed E-state index contributed by atoms with van der Waals surface area (Å²) in [6.07, 6.45) is 0. The van der Waals surface area contributed by atoms with E-state index in [1.807, 2.05) is 121 Å². The molecule has 58 heavy (non-hydrogen) atoms. The van der Waals surface area contributed by atoms with E-state index in [1.54, 1.807) is 0 Å². The standard InChI is InChI=1S/C52H34N6/c1-5-17-35(18-6-1)47-53-48(36-19-7-2-8-20-36)56-51(55-47)41-27-15-25-39(33-41)43-31-32-44(46-30-14-13-29-45(43)46)40-26-16-28-42(34-40)52-57-49(37-21-9-3-10-22-37)54-50(58-52)38-23-11-4-12-24-38/h1-34H. The van der Waals surface area contributed by atoms with E-state index in [0.29, 0.717) is 34.9 Å². The van der Waals surface area contributed by atoms with Gasteiger partial charge in [-0.1, -0.05) is 194 Å². The predicted molar refractivity (Wildman–Crippen MR) is 234 cm³/mol. The van der Waals surface area contributed by atoms with Crippen LogP contribution in [0.5, 0.6) is 0 Å². The van der Waals surface area contributed by atoms with Gasteiger partial charge in [-0.3, -0.25) is 0 Å². The molecule has 0 aliphatic carbocycles. The normalized spacial score (nSPS) is 11.1. The maximum Gasteiger partial charge on any atom is 0.164 e. The van der Waals surface area contributed by atoms with E-state index in [9.17, 15) is 0 Å². The van der Waals surface area contributed by atoms with Gasteiger partial charge in [0.15, 0.2) is 34.9 Å². The SMILES string of the molecule is c1ccc(-c2nc(-c3ccccc3)nc(-c3cccc(-c4ccc(-c5cccc(-c6nc(-c7ccccc7)nc(-c7ccccc7)n6)c5)c5ccccc45)c3)n2)cc1. The van der Waals surface area contributed by atoms with E-state index in [1.165, 1.54) is 0 Å². The Kier molecular flexibility index (Phi) is 9.10. The van der Waals surface area contributed by atoms with Crippen LogP contribution < -0.4 is 0 Å². The summed E-state index contributed by atoms with van der Waals surface area (Å²) in [7, 11) is 0. The number of fused-ring (bicyclic) bond motifs is 1. The number of rotatable bonds is 8. The molecular weight excluding hydrogens is 709 g/mol. The summed E-state index contributed by atoms with van der Waals surface area (Å²) in [6.45, 7) is 0. The first-order chi connectivity index (χ1) is 28.7. The summed E-state index contributed by atoms with van der Waals surface area (Å²) in [5.41, 5.74) is 9.97. The van der Waals surface area contributed by atoms with Gasteiger partial charge in [0.1, 0.15) is 0 Å². The lowest BCUT2D eigenvalue weighted by molar-refractivity contribution is 1.07. The van der Waals surface area contributed by atoms with Crippen LogP contribution in [-0.4, -0.2) is 29.9 Å². The van der Waals surface area contributed by atoms with Gasteiger partial charge >= 0.3 is 0 Å². The Bertz CT molecular complexity index is 2720. The van der Waals surface area contributed by atoms with E-state index in [4.69, 9.17) is 29.9 Å². The second-order valence-corrected chi connectivity index (χ2v) is 13.9. The van der Waals surface area contributed by atoms with Crippen LogP contribution in [0.1, 0.15) is 0 Å². The van der Waals surface area contributed by atoms with E-state index in [-0.39, 0.29) is 0 Å². The van der Waals surface area contributed by atoms with Crippen LogP contribution in [0.3, 0.4) is 0 Å². The number of aromatic nitrogens is 6. The molecule has 0 unspecified atom stereocenters. The molecule has 0 saturated carbocycles. The highest BCUT2D eigenvalue weighted by Crippen LogP contribution is 2.38. The van der Waals surface area contributed by atoms with Crippen molar-refractivity contribution in [3.63, 3.8) is 0 Å². The Morgan fingerprint density at radius 3 is 0.741 bits per heavy atom. The maximum absolute atomic E-state index is 4.99. The fourth-order valence-electron chi connectivity index (χ4n) is 7.33. The van der Waals surface area contributed by atoms with Gasteiger partial charge in [-0.05, 0) is 45.2 Å². The van der Waals surface area contributed by atoms with Crippen molar-refractivity contribution >= 4 is 10.8 Å². The van der Waals surface area contributed by atoms with Crippen LogP contribution in [0.4, 0.5) is 0 Å². The summed E-state index contributed by atoms with van der Waals surface area (Å²) < 4.78 is 0. The van der Waals surface area contributed by atoms with Gasteiger partial charge in [-0.2, -0.15) is 0 Å². The lowest BCUT2D eigenvalue weighted by Crippen LogP contribution is -2.00. The minimum atomic E-state index is 0.622. The van der Waals surface area contributed by atoms with Crippen molar-refractivity contribution in [3.8, 4) is 90.6 Å². The first kappa shape index (κ1) is 34.5. The minimum Gasteiger partial charge on any atom is -0.208 e. The summed E-state index contributed by atoms with van der Waals surface area (Å²) in [5, 5.41) is 2.29. The van der Waals surface area contributed by atoms with Crippen LogP contribution >= 0.6 is 0 Å². The molecule has 2 heterocycles. The summed E-state index contributed by atoms with van der Waals surface area (Å²) in [4.78, 5) is 29.7. The first-order valence-electron chi connectivity index (χ1n) is 19.2. The van der Waals surface area contributed by atoms with Crippen molar-refractivity contribution in [2.75, 3.05) is 0 Å². The Morgan fingerprint density at radius 2 is 0.431 bits per heavy atom. The average Bonchev–Trinajstić information content (AvgIpc) is 3.32. The van der Waals surface area contributed by atoms with Crippen LogP contribution in [-0.2, 0) is 0 Å². The Hall–Kier alpha value is -7.96. The zero-order valence-electron chi connectivity index (χ0n) is 31.3. The molecule has 8 aromatic carbocycles. The molecule has 0 aliphatic rings. The largest absolute Gasteiger partial charge is 0.208 e. The van der Waals surface area contributed by atoms with Gasteiger partial charge in [-0.25, -0.2) is 29.9 Å². The zero-order valence-corrected chi connectivity index (χ0v) is 31.3. The van der Waals surface area contributed by atoms with Crippen LogP contribution in [0.15, 0.2) is 206 Å². The van der Waals surface area contributed by atoms with E-state index in [2.05, 4.69) is 84.9 Å². The molecule has 0 radical (unpaired) electrons. The number of benzene rings is 8. The van der Waals surface area contributed by atoms with Crippen molar-refractivity contribution in [2.45, 2.75) is 0 Å². The Balaban J connectivity index is 1.05. The van der Waals surface area contributed by atoms with Gasteiger partial charge < -0.3 is 0 Å². The van der Waals surface area contributed by atoms with E-state index >= 15 is 0 Å². The van der Waals surface area contributed by atoms with Gasteiger partial charge in [0, 0.05) is 33.4 Å². The molecule has 0 saturated heterocycles. The molecule has 0 aliphatic heterocycles. The average molecular weight is 743 g/mol.